The highest BCUT2D eigenvalue weighted by atomic mass is 32.1. The average Bonchev–Trinajstić information content (AvgIpc) is 3.15. The molecule has 168 valence electrons. The molecule has 1 saturated heterocycles. The van der Waals surface area contributed by atoms with Crippen LogP contribution in [-0.2, 0) is 33.3 Å². The SMILES string of the molecule is CC(=O)OC[C@H]1O[C@@H](n2c(=O)sc3c(=O)[nH]c(N)[nH+]c32)C[C@@]1(COC(C)=O)OC(C)=O. The van der Waals surface area contributed by atoms with Gasteiger partial charge in [0.2, 0.25) is 5.65 Å². The molecule has 0 unspecified atom stereocenters. The van der Waals surface area contributed by atoms with Crippen LogP contribution in [0.25, 0.3) is 10.3 Å². The Hall–Kier alpha value is -3.26. The predicted molar refractivity (Wildman–Crippen MR) is 104 cm³/mol. The number of nitrogens with two attached hydrogens (primary N) is 1. The third-order valence-corrected chi connectivity index (χ3v) is 5.52. The van der Waals surface area contributed by atoms with Gasteiger partial charge < -0.3 is 24.7 Å². The van der Waals surface area contributed by atoms with Gasteiger partial charge in [-0.05, 0) is 0 Å². The van der Waals surface area contributed by atoms with E-state index in [2.05, 4.69) is 9.97 Å². The lowest BCUT2D eigenvalue weighted by atomic mass is 9.95. The van der Waals surface area contributed by atoms with E-state index in [1.54, 1.807) is 0 Å². The number of carbonyl (C=O) groups is 3. The first-order chi connectivity index (χ1) is 14.5. The van der Waals surface area contributed by atoms with Gasteiger partial charge in [0, 0.05) is 27.2 Å². The lowest BCUT2D eigenvalue weighted by molar-refractivity contribution is -0.337. The van der Waals surface area contributed by atoms with E-state index in [9.17, 15) is 24.0 Å². The molecule has 0 radical (unpaired) electrons. The number of carbonyl (C=O) groups excluding carboxylic acids is 3. The van der Waals surface area contributed by atoms with Gasteiger partial charge in [0.1, 0.15) is 19.3 Å². The normalized spacial score (nSPS) is 22.9. The number of esters is 3. The molecule has 3 heterocycles. The Balaban J connectivity index is 2.08. The summed E-state index contributed by atoms with van der Waals surface area (Å²) >= 11 is 0.671. The first-order valence-corrected chi connectivity index (χ1v) is 9.92. The standard InChI is InChI=1S/C17H20N4O9S/c1-7(22)27-5-10-17(30-9(3)24,6-28-8(2)23)4-11(29-10)21-13-12(31-16(21)26)14(25)20-15(18)19-13/h10-11H,4-6H2,1-3H3,(H3,18,19,20,25)/p+1/t10-,11-,17+/m1/s1. The Bertz CT molecular complexity index is 1150. The summed E-state index contributed by atoms with van der Waals surface area (Å²) in [6.45, 7) is 2.80. The van der Waals surface area contributed by atoms with E-state index in [-0.39, 0.29) is 29.3 Å². The minimum absolute atomic E-state index is 0.0790. The second-order valence-corrected chi connectivity index (χ2v) is 7.89. The fourth-order valence-corrected chi connectivity index (χ4v) is 4.25. The van der Waals surface area contributed by atoms with Crippen molar-refractivity contribution in [1.82, 2.24) is 9.55 Å². The van der Waals surface area contributed by atoms with Gasteiger partial charge in [-0.3, -0.25) is 19.2 Å². The Morgan fingerprint density at radius 1 is 1.23 bits per heavy atom. The maximum absolute atomic E-state index is 12.7. The molecule has 0 bridgehead atoms. The van der Waals surface area contributed by atoms with E-state index in [0.29, 0.717) is 11.3 Å². The average molecular weight is 457 g/mol. The molecule has 3 rings (SSSR count). The van der Waals surface area contributed by atoms with E-state index in [0.717, 1.165) is 11.5 Å². The molecule has 4 N–H and O–H groups in total. The second-order valence-electron chi connectivity index (χ2n) is 6.93. The molecule has 0 spiro atoms. The van der Waals surface area contributed by atoms with Gasteiger partial charge in [0.25, 0.3) is 0 Å². The van der Waals surface area contributed by atoms with Gasteiger partial charge >= 0.3 is 34.3 Å². The minimum Gasteiger partial charge on any atom is -0.463 e. The van der Waals surface area contributed by atoms with Crippen molar-refractivity contribution in [1.29, 1.82) is 0 Å². The molecular weight excluding hydrogens is 436 g/mol. The Labute approximate surface area is 178 Å². The Morgan fingerprint density at radius 3 is 2.52 bits per heavy atom. The van der Waals surface area contributed by atoms with Crippen LogP contribution in [0.2, 0.25) is 0 Å². The number of anilines is 1. The molecule has 13 nitrogen and oxygen atoms in total. The smallest absolute Gasteiger partial charge is 0.353 e. The number of aromatic amines is 2. The maximum Gasteiger partial charge on any atom is 0.353 e. The number of hydrogen-bond donors (Lipinski definition) is 2. The van der Waals surface area contributed by atoms with Crippen molar-refractivity contribution in [3.8, 4) is 0 Å². The summed E-state index contributed by atoms with van der Waals surface area (Å²) in [6.07, 6.45) is -2.24. The zero-order valence-electron chi connectivity index (χ0n) is 16.9. The zero-order chi connectivity index (χ0) is 22.9. The molecular formula is C17H21N4O9S+. The zero-order valence-corrected chi connectivity index (χ0v) is 17.7. The maximum atomic E-state index is 12.7. The fraction of sp³-hybridized carbons (Fsp3) is 0.529. The summed E-state index contributed by atoms with van der Waals surface area (Å²) < 4.78 is 22.8. The molecule has 0 amide bonds. The first-order valence-electron chi connectivity index (χ1n) is 9.10. The number of thiazole rings is 1. The predicted octanol–water partition coefficient (Wildman–Crippen LogP) is -1.14. The molecule has 31 heavy (non-hydrogen) atoms. The van der Waals surface area contributed by atoms with E-state index in [1.165, 1.54) is 13.8 Å². The van der Waals surface area contributed by atoms with E-state index >= 15 is 0 Å². The minimum atomic E-state index is -1.54. The number of fused-ring (bicyclic) bond motifs is 1. The van der Waals surface area contributed by atoms with Gasteiger partial charge in [-0.25, -0.2) is 19.3 Å². The van der Waals surface area contributed by atoms with Crippen LogP contribution in [0.4, 0.5) is 5.95 Å². The van der Waals surface area contributed by atoms with Gasteiger partial charge in [-0.1, -0.05) is 11.3 Å². The Kier molecular flexibility index (Phi) is 6.13. The molecule has 2 aromatic rings. The van der Waals surface area contributed by atoms with E-state index < -0.39 is 52.9 Å². The highest BCUT2D eigenvalue weighted by molar-refractivity contribution is 7.16. The number of nitrogens with one attached hydrogen (secondary N) is 2. The number of ether oxygens (including phenoxy) is 4. The highest BCUT2D eigenvalue weighted by Gasteiger charge is 2.55. The fourth-order valence-electron chi connectivity index (χ4n) is 3.38. The van der Waals surface area contributed by atoms with Crippen molar-refractivity contribution in [3.63, 3.8) is 0 Å². The lowest BCUT2D eigenvalue weighted by Gasteiger charge is -2.31. The van der Waals surface area contributed by atoms with Crippen molar-refractivity contribution in [2.45, 2.75) is 45.1 Å². The molecule has 0 aliphatic carbocycles. The number of hydrogen-bond acceptors (Lipinski definition) is 11. The molecule has 0 saturated carbocycles. The van der Waals surface area contributed by atoms with Crippen LogP contribution in [0.3, 0.4) is 0 Å². The summed E-state index contributed by atoms with van der Waals surface area (Å²) in [6, 6.07) is 0. The summed E-state index contributed by atoms with van der Waals surface area (Å²) in [5.41, 5.74) is 3.67. The molecule has 0 aromatic carbocycles. The van der Waals surface area contributed by atoms with Gasteiger partial charge in [-0.2, -0.15) is 0 Å². The van der Waals surface area contributed by atoms with Crippen LogP contribution in [0.1, 0.15) is 33.4 Å². The van der Waals surface area contributed by atoms with Crippen LogP contribution >= 0.6 is 11.3 Å². The highest BCUT2D eigenvalue weighted by Crippen LogP contribution is 2.40. The van der Waals surface area contributed by atoms with Crippen LogP contribution in [0.5, 0.6) is 0 Å². The van der Waals surface area contributed by atoms with Crippen molar-refractivity contribution in [2.75, 3.05) is 18.9 Å². The van der Waals surface area contributed by atoms with E-state index in [4.69, 9.17) is 24.7 Å². The first kappa shape index (κ1) is 22.4. The third-order valence-electron chi connectivity index (χ3n) is 4.57. The lowest BCUT2D eigenvalue weighted by Crippen LogP contribution is -2.49. The quantitative estimate of drug-likeness (QED) is 0.397. The Morgan fingerprint density at radius 2 is 1.90 bits per heavy atom. The topological polar surface area (TPSA) is 183 Å². The van der Waals surface area contributed by atoms with Crippen molar-refractivity contribution in [3.05, 3.63) is 20.0 Å². The number of nitrogens with zero attached hydrogens (tertiary/aromatic N) is 1. The molecule has 14 heteroatoms. The number of nitrogen functional groups attached to an aromatic ring is 1. The molecule has 1 aliphatic heterocycles. The summed E-state index contributed by atoms with van der Waals surface area (Å²) in [7, 11) is 0. The van der Waals surface area contributed by atoms with Gasteiger partial charge in [0.15, 0.2) is 16.5 Å². The van der Waals surface area contributed by atoms with Crippen molar-refractivity contribution >= 4 is 45.5 Å². The van der Waals surface area contributed by atoms with Gasteiger partial charge in [0.05, 0.1) is 0 Å². The number of rotatable bonds is 6. The molecule has 3 atom stereocenters. The molecule has 1 aliphatic rings. The second kappa shape index (κ2) is 8.47. The van der Waals surface area contributed by atoms with Gasteiger partial charge in [-0.15, -0.1) is 0 Å². The summed E-state index contributed by atoms with van der Waals surface area (Å²) in [4.78, 5) is 63.9. The van der Waals surface area contributed by atoms with Crippen LogP contribution < -0.4 is 21.1 Å². The van der Waals surface area contributed by atoms with Crippen LogP contribution in [-0.4, -0.2) is 52.4 Å². The van der Waals surface area contributed by atoms with E-state index in [1.807, 2.05) is 0 Å². The third kappa shape index (κ3) is 4.59. The summed E-state index contributed by atoms with van der Waals surface area (Å²) in [5, 5.41) is 0. The monoisotopic (exact) mass is 457 g/mol. The number of H-pyrrole nitrogens is 2. The summed E-state index contributed by atoms with van der Waals surface area (Å²) in [5.74, 6) is -2.02. The molecule has 2 aromatic heterocycles. The van der Waals surface area contributed by atoms with Crippen molar-refractivity contribution in [2.24, 2.45) is 0 Å². The number of aromatic nitrogens is 3. The van der Waals surface area contributed by atoms with Crippen molar-refractivity contribution < 1.29 is 38.3 Å². The van der Waals surface area contributed by atoms with Crippen LogP contribution in [0.15, 0.2) is 9.59 Å². The largest absolute Gasteiger partial charge is 0.463 e. The van der Waals surface area contributed by atoms with Crippen LogP contribution in [0, 0.1) is 0 Å². The molecule has 1 fully saturated rings.